The van der Waals surface area contributed by atoms with E-state index in [1.807, 2.05) is 0 Å². The van der Waals surface area contributed by atoms with E-state index >= 15 is 0 Å². The average Bonchev–Trinajstić information content (AvgIpc) is 2.43. The van der Waals surface area contributed by atoms with E-state index < -0.39 is 29.9 Å². The average molecular weight is 369 g/mol. The highest BCUT2D eigenvalue weighted by atomic mass is 79.9. The van der Waals surface area contributed by atoms with Gasteiger partial charge in [-0.3, -0.25) is 0 Å². The van der Waals surface area contributed by atoms with Gasteiger partial charge in [0.2, 0.25) is 0 Å². The lowest BCUT2D eigenvalue weighted by molar-refractivity contribution is -0.206. The third-order valence-corrected chi connectivity index (χ3v) is 5.08. The first-order chi connectivity index (χ1) is 9.80. The molecule has 1 aliphatic rings. The first-order valence-corrected chi connectivity index (χ1v) is 7.77. The van der Waals surface area contributed by atoms with Gasteiger partial charge in [0.1, 0.15) is 5.82 Å². The zero-order valence-electron chi connectivity index (χ0n) is 11.3. The van der Waals surface area contributed by atoms with Gasteiger partial charge in [-0.2, -0.15) is 13.2 Å². The number of aliphatic hydroxyl groups is 1. The molecule has 0 spiro atoms. The topological polar surface area (TPSA) is 20.2 Å². The van der Waals surface area contributed by atoms with Gasteiger partial charge < -0.3 is 5.11 Å². The van der Waals surface area contributed by atoms with Crippen molar-refractivity contribution < 1.29 is 22.7 Å². The molecule has 1 aliphatic carbocycles. The van der Waals surface area contributed by atoms with E-state index in [1.54, 1.807) is 6.07 Å². The van der Waals surface area contributed by atoms with E-state index in [4.69, 9.17) is 0 Å². The number of aliphatic hydroxyl groups excluding tert-OH is 1. The lowest BCUT2D eigenvalue weighted by atomic mass is 9.74. The molecule has 118 valence electrons. The molecule has 2 rings (SSSR count). The smallest absolute Gasteiger partial charge is 0.392 e. The second kappa shape index (κ2) is 6.65. The number of hydrogen-bond acceptors (Lipinski definition) is 1. The molecule has 1 saturated carbocycles. The Hall–Kier alpha value is -0.620. The van der Waals surface area contributed by atoms with Gasteiger partial charge in [0.15, 0.2) is 0 Å². The van der Waals surface area contributed by atoms with Crippen molar-refractivity contribution in [2.45, 2.75) is 44.4 Å². The summed E-state index contributed by atoms with van der Waals surface area (Å²) in [6, 6.07) is 4.37. The predicted molar refractivity (Wildman–Crippen MR) is 75.3 cm³/mol. The van der Waals surface area contributed by atoms with Crippen LogP contribution in [-0.2, 0) is 6.42 Å². The van der Waals surface area contributed by atoms with Crippen LogP contribution in [0.4, 0.5) is 17.6 Å². The van der Waals surface area contributed by atoms with Gasteiger partial charge in [-0.05, 0) is 52.7 Å². The van der Waals surface area contributed by atoms with Gasteiger partial charge in [-0.1, -0.05) is 25.0 Å². The van der Waals surface area contributed by atoms with Gasteiger partial charge in [0.05, 0.1) is 16.5 Å². The van der Waals surface area contributed by atoms with Crippen LogP contribution in [0.2, 0.25) is 0 Å². The largest absolute Gasteiger partial charge is 0.392 e. The summed E-state index contributed by atoms with van der Waals surface area (Å²) in [6.07, 6.45) is -3.72. The van der Waals surface area contributed by atoms with Crippen molar-refractivity contribution in [2.75, 3.05) is 0 Å². The Morgan fingerprint density at radius 2 is 1.90 bits per heavy atom. The molecule has 3 atom stereocenters. The molecule has 3 unspecified atom stereocenters. The summed E-state index contributed by atoms with van der Waals surface area (Å²) in [5.41, 5.74) is 0.494. The molecule has 0 saturated heterocycles. The van der Waals surface area contributed by atoms with Crippen LogP contribution in [0.25, 0.3) is 0 Å². The Morgan fingerprint density at radius 3 is 2.57 bits per heavy atom. The van der Waals surface area contributed by atoms with E-state index in [2.05, 4.69) is 15.9 Å². The lowest BCUT2D eigenvalue weighted by Crippen LogP contribution is -2.40. The normalized spacial score (nSPS) is 24.9. The van der Waals surface area contributed by atoms with Crippen LogP contribution in [0.3, 0.4) is 0 Å². The Kier molecular flexibility index (Phi) is 5.30. The number of alkyl halides is 3. The molecule has 0 amide bonds. The minimum atomic E-state index is -4.29. The van der Waals surface area contributed by atoms with Crippen molar-refractivity contribution >= 4 is 15.9 Å². The molecule has 1 fully saturated rings. The van der Waals surface area contributed by atoms with E-state index in [9.17, 15) is 22.7 Å². The molecule has 1 nitrogen and oxygen atoms in total. The van der Waals surface area contributed by atoms with Crippen LogP contribution >= 0.6 is 15.9 Å². The quantitative estimate of drug-likeness (QED) is 0.755. The zero-order chi connectivity index (χ0) is 15.6. The van der Waals surface area contributed by atoms with Gasteiger partial charge >= 0.3 is 6.18 Å². The number of halogens is 5. The molecule has 1 N–H and O–H groups in total. The van der Waals surface area contributed by atoms with Crippen molar-refractivity contribution in [2.24, 2.45) is 11.8 Å². The van der Waals surface area contributed by atoms with Crippen molar-refractivity contribution in [1.82, 2.24) is 0 Å². The molecule has 6 heteroatoms. The first-order valence-electron chi connectivity index (χ1n) is 6.98. The molecule has 0 aliphatic heterocycles. The summed E-state index contributed by atoms with van der Waals surface area (Å²) in [6.45, 7) is 0. The number of benzene rings is 1. The Morgan fingerprint density at radius 1 is 1.24 bits per heavy atom. The zero-order valence-corrected chi connectivity index (χ0v) is 12.9. The SMILES string of the molecule is OC(Cc1cccc(F)c1Br)C1CCCCC1C(F)(F)F. The molecule has 1 aromatic rings. The van der Waals surface area contributed by atoms with Crippen LogP contribution < -0.4 is 0 Å². The molecular formula is C15H17BrF4O. The van der Waals surface area contributed by atoms with Crippen LogP contribution in [0.5, 0.6) is 0 Å². The third-order valence-electron chi connectivity index (χ3n) is 4.19. The number of rotatable bonds is 3. The van der Waals surface area contributed by atoms with E-state index in [0.29, 0.717) is 24.8 Å². The second-order valence-electron chi connectivity index (χ2n) is 5.58. The molecule has 21 heavy (non-hydrogen) atoms. The molecule has 0 heterocycles. The summed E-state index contributed by atoms with van der Waals surface area (Å²) >= 11 is 3.08. The molecule has 0 radical (unpaired) electrons. The number of hydrogen-bond donors (Lipinski definition) is 1. The monoisotopic (exact) mass is 368 g/mol. The van der Waals surface area contributed by atoms with E-state index in [-0.39, 0.29) is 17.3 Å². The Labute approximate surface area is 129 Å². The Bertz CT molecular complexity index is 489. The highest BCUT2D eigenvalue weighted by molar-refractivity contribution is 9.10. The summed E-state index contributed by atoms with van der Waals surface area (Å²) in [7, 11) is 0. The maximum atomic E-state index is 13.4. The van der Waals surface area contributed by atoms with Crippen LogP contribution in [0, 0.1) is 17.7 Å². The van der Waals surface area contributed by atoms with E-state index in [1.165, 1.54) is 12.1 Å². The lowest BCUT2D eigenvalue weighted by Gasteiger charge is -2.36. The fourth-order valence-electron chi connectivity index (χ4n) is 3.11. The highest BCUT2D eigenvalue weighted by Crippen LogP contribution is 2.43. The third kappa shape index (κ3) is 3.97. The second-order valence-corrected chi connectivity index (χ2v) is 6.37. The summed E-state index contributed by atoms with van der Waals surface area (Å²) in [5, 5.41) is 10.2. The highest BCUT2D eigenvalue weighted by Gasteiger charge is 2.47. The molecular weight excluding hydrogens is 352 g/mol. The minimum Gasteiger partial charge on any atom is -0.392 e. The van der Waals surface area contributed by atoms with Gasteiger partial charge in [0.25, 0.3) is 0 Å². The fourth-order valence-corrected chi connectivity index (χ4v) is 3.54. The molecule has 0 bridgehead atoms. The Balaban J connectivity index is 2.14. The van der Waals surface area contributed by atoms with Crippen molar-refractivity contribution in [3.63, 3.8) is 0 Å². The van der Waals surface area contributed by atoms with Crippen LogP contribution in [0.15, 0.2) is 22.7 Å². The maximum Gasteiger partial charge on any atom is 0.392 e. The summed E-state index contributed by atoms with van der Waals surface area (Å²) < 4.78 is 52.8. The standard InChI is InChI=1S/C15H17BrF4O/c16-14-9(4-3-7-12(14)17)8-13(21)10-5-1-2-6-11(10)15(18,19)20/h3-4,7,10-11,13,21H,1-2,5-6,8H2. The van der Waals surface area contributed by atoms with Crippen LogP contribution in [0.1, 0.15) is 31.2 Å². The van der Waals surface area contributed by atoms with Crippen LogP contribution in [-0.4, -0.2) is 17.4 Å². The van der Waals surface area contributed by atoms with Crippen molar-refractivity contribution in [3.8, 4) is 0 Å². The first kappa shape index (κ1) is 16.7. The van der Waals surface area contributed by atoms with Gasteiger partial charge in [0, 0.05) is 0 Å². The van der Waals surface area contributed by atoms with E-state index in [0.717, 1.165) is 0 Å². The minimum absolute atomic E-state index is 0.0234. The molecule has 1 aromatic carbocycles. The van der Waals surface area contributed by atoms with Crippen molar-refractivity contribution in [1.29, 1.82) is 0 Å². The fraction of sp³-hybridized carbons (Fsp3) is 0.600. The predicted octanol–water partition coefficient (Wildman–Crippen LogP) is 4.86. The molecule has 0 aromatic heterocycles. The maximum absolute atomic E-state index is 13.4. The van der Waals surface area contributed by atoms with Gasteiger partial charge in [-0.25, -0.2) is 4.39 Å². The summed E-state index contributed by atoms with van der Waals surface area (Å²) in [5.74, 6) is -2.75. The summed E-state index contributed by atoms with van der Waals surface area (Å²) in [4.78, 5) is 0. The van der Waals surface area contributed by atoms with Gasteiger partial charge in [-0.15, -0.1) is 0 Å². The van der Waals surface area contributed by atoms with Crippen molar-refractivity contribution in [3.05, 3.63) is 34.1 Å².